The number of rotatable bonds is 6. The monoisotopic (exact) mass is 416 g/mol. The lowest BCUT2D eigenvalue weighted by molar-refractivity contribution is 0.0686. The van der Waals surface area contributed by atoms with Crippen LogP contribution in [0.2, 0.25) is 0 Å². The van der Waals surface area contributed by atoms with Crippen molar-refractivity contribution in [3.63, 3.8) is 0 Å². The Morgan fingerprint density at radius 1 is 0.968 bits per heavy atom. The summed E-state index contributed by atoms with van der Waals surface area (Å²) < 4.78 is 11.6. The average molecular weight is 417 g/mol. The van der Waals surface area contributed by atoms with Crippen LogP contribution in [0.1, 0.15) is 38.6 Å². The third-order valence-corrected chi connectivity index (χ3v) is 5.60. The van der Waals surface area contributed by atoms with Gasteiger partial charge in [-0.05, 0) is 67.8 Å². The van der Waals surface area contributed by atoms with Gasteiger partial charge < -0.3 is 18.6 Å². The van der Waals surface area contributed by atoms with E-state index in [1.807, 2.05) is 40.1 Å². The molecular weight excluding hydrogens is 388 g/mol. The van der Waals surface area contributed by atoms with Crippen molar-refractivity contribution in [1.82, 2.24) is 4.90 Å². The second-order valence-corrected chi connectivity index (χ2v) is 8.32. The van der Waals surface area contributed by atoms with E-state index in [4.69, 9.17) is 8.83 Å². The van der Waals surface area contributed by atoms with Crippen LogP contribution >= 0.6 is 0 Å². The number of nitrogens with zero attached hydrogens (tertiary/aromatic N) is 2. The second kappa shape index (κ2) is 8.34. The maximum absolute atomic E-state index is 13.6. The molecule has 2 aromatic carbocycles. The van der Waals surface area contributed by atoms with Gasteiger partial charge >= 0.3 is 0 Å². The van der Waals surface area contributed by atoms with Gasteiger partial charge in [-0.15, -0.1) is 0 Å². The van der Waals surface area contributed by atoms with Crippen LogP contribution < -0.4 is 4.90 Å². The van der Waals surface area contributed by atoms with Crippen molar-refractivity contribution in [1.29, 1.82) is 0 Å². The number of carbonyl (C=O) groups excluding carboxylic acids is 1. The molecule has 0 unspecified atom stereocenters. The highest BCUT2D eigenvalue weighted by Crippen LogP contribution is 2.30. The van der Waals surface area contributed by atoms with Crippen molar-refractivity contribution in [2.45, 2.75) is 33.9 Å². The molecule has 0 aliphatic rings. The molecule has 2 heterocycles. The molecule has 0 radical (unpaired) electrons. The molecule has 2 aromatic heterocycles. The van der Waals surface area contributed by atoms with Crippen LogP contribution in [-0.4, -0.2) is 24.9 Å². The van der Waals surface area contributed by atoms with E-state index < -0.39 is 0 Å². The molecule has 31 heavy (non-hydrogen) atoms. The van der Waals surface area contributed by atoms with Crippen LogP contribution in [0.15, 0.2) is 63.6 Å². The zero-order valence-electron chi connectivity index (χ0n) is 18.7. The van der Waals surface area contributed by atoms with Crippen molar-refractivity contribution in [2.24, 2.45) is 0 Å². The summed E-state index contributed by atoms with van der Waals surface area (Å²) in [5.74, 6) is 0.984. The van der Waals surface area contributed by atoms with Crippen molar-refractivity contribution >= 4 is 22.6 Å². The summed E-state index contributed by atoms with van der Waals surface area (Å²) in [6, 6.07) is 16.1. The summed E-state index contributed by atoms with van der Waals surface area (Å²) in [5.41, 5.74) is 6.01. The van der Waals surface area contributed by atoms with E-state index in [1.165, 1.54) is 0 Å². The summed E-state index contributed by atoms with van der Waals surface area (Å²) >= 11 is 0. The Labute approximate surface area is 182 Å². The van der Waals surface area contributed by atoms with Gasteiger partial charge in [0.25, 0.3) is 5.91 Å². The fourth-order valence-electron chi connectivity index (χ4n) is 3.93. The molecule has 160 valence electrons. The van der Waals surface area contributed by atoms with Gasteiger partial charge in [0.15, 0.2) is 5.76 Å². The van der Waals surface area contributed by atoms with Gasteiger partial charge in [-0.25, -0.2) is 0 Å². The van der Waals surface area contributed by atoms with Gasteiger partial charge in [0.2, 0.25) is 0 Å². The lowest BCUT2D eigenvalue weighted by Crippen LogP contribution is -2.30. The number of amides is 1. The quantitative estimate of drug-likeness (QED) is 0.395. The molecule has 4 rings (SSSR count). The number of furan rings is 2. The molecule has 0 spiro atoms. The van der Waals surface area contributed by atoms with Gasteiger partial charge in [-0.1, -0.05) is 18.2 Å². The third kappa shape index (κ3) is 4.22. The Morgan fingerprint density at radius 3 is 2.35 bits per heavy atom. The van der Waals surface area contributed by atoms with Gasteiger partial charge in [-0.2, -0.15) is 0 Å². The van der Waals surface area contributed by atoms with Crippen LogP contribution in [0.25, 0.3) is 11.0 Å². The van der Waals surface area contributed by atoms with Crippen LogP contribution in [-0.2, 0) is 13.1 Å². The second-order valence-electron chi connectivity index (χ2n) is 8.32. The maximum atomic E-state index is 13.6. The first-order valence-corrected chi connectivity index (χ1v) is 10.4. The van der Waals surface area contributed by atoms with Crippen LogP contribution in [0.5, 0.6) is 0 Å². The normalized spacial score (nSPS) is 11.1. The van der Waals surface area contributed by atoms with E-state index in [2.05, 4.69) is 48.2 Å². The molecule has 0 aliphatic carbocycles. The predicted molar refractivity (Wildman–Crippen MR) is 123 cm³/mol. The largest absolute Gasteiger partial charge is 0.467 e. The van der Waals surface area contributed by atoms with Crippen molar-refractivity contribution in [3.05, 3.63) is 88.6 Å². The zero-order valence-corrected chi connectivity index (χ0v) is 18.7. The molecule has 4 aromatic rings. The molecule has 0 aliphatic heterocycles. The van der Waals surface area contributed by atoms with Crippen LogP contribution in [0, 0.1) is 20.8 Å². The van der Waals surface area contributed by atoms with Gasteiger partial charge in [0, 0.05) is 37.3 Å². The Balaban J connectivity index is 1.69. The smallest absolute Gasteiger partial charge is 0.290 e. The molecule has 0 atom stereocenters. The number of fused-ring (bicyclic) bond motifs is 1. The third-order valence-electron chi connectivity index (χ3n) is 5.60. The highest BCUT2D eigenvalue weighted by molar-refractivity contribution is 5.99. The van der Waals surface area contributed by atoms with E-state index >= 15 is 0 Å². The minimum absolute atomic E-state index is 0.140. The van der Waals surface area contributed by atoms with E-state index in [0.717, 1.165) is 44.7 Å². The molecule has 1 amide bonds. The standard InChI is InChI=1S/C26H28N2O3/c1-17-13-18(2)24-23(14-17)19(3)25(31-24)26(29)28(16-22-7-6-12-30-22)15-20-8-10-21(11-9-20)27(4)5/h6-14H,15-16H2,1-5H3. The summed E-state index contributed by atoms with van der Waals surface area (Å²) in [5, 5.41) is 0.995. The number of carbonyl (C=O) groups is 1. The van der Waals surface area contributed by atoms with Crippen molar-refractivity contribution in [2.75, 3.05) is 19.0 Å². The highest BCUT2D eigenvalue weighted by atomic mass is 16.3. The Kier molecular flexibility index (Phi) is 5.59. The predicted octanol–water partition coefficient (Wildman–Crippen LogP) is 5.86. The molecular formula is C26H28N2O3. The van der Waals surface area contributed by atoms with Crippen molar-refractivity contribution in [3.8, 4) is 0 Å². The minimum atomic E-state index is -0.140. The highest BCUT2D eigenvalue weighted by Gasteiger charge is 2.25. The number of hydrogen-bond acceptors (Lipinski definition) is 4. The summed E-state index contributed by atoms with van der Waals surface area (Å²) in [6.45, 7) is 6.85. The Bertz CT molecular complexity index is 1200. The summed E-state index contributed by atoms with van der Waals surface area (Å²) in [6.07, 6.45) is 1.63. The average Bonchev–Trinajstić information content (AvgIpc) is 3.36. The maximum Gasteiger partial charge on any atom is 0.290 e. The zero-order chi connectivity index (χ0) is 22.1. The van der Waals surface area contributed by atoms with Crippen molar-refractivity contribution < 1.29 is 13.6 Å². The Hall–Kier alpha value is -3.47. The lowest BCUT2D eigenvalue weighted by atomic mass is 10.1. The molecule has 0 saturated heterocycles. The number of hydrogen-bond donors (Lipinski definition) is 0. The molecule has 0 bridgehead atoms. The van der Waals surface area contributed by atoms with Crippen LogP contribution in [0.3, 0.4) is 0 Å². The van der Waals surface area contributed by atoms with Gasteiger partial charge in [-0.3, -0.25) is 4.79 Å². The first-order valence-electron chi connectivity index (χ1n) is 10.4. The molecule has 5 heteroatoms. The Morgan fingerprint density at radius 2 is 1.71 bits per heavy atom. The van der Waals surface area contributed by atoms with Gasteiger partial charge in [0.1, 0.15) is 11.3 Å². The fourth-order valence-corrected chi connectivity index (χ4v) is 3.93. The topological polar surface area (TPSA) is 49.8 Å². The number of anilines is 1. The molecule has 0 N–H and O–H groups in total. The first kappa shape index (κ1) is 20.8. The van der Waals surface area contributed by atoms with Gasteiger partial charge in [0.05, 0.1) is 12.8 Å². The number of aryl methyl sites for hydroxylation is 3. The first-order chi connectivity index (χ1) is 14.8. The van der Waals surface area contributed by atoms with E-state index in [0.29, 0.717) is 18.8 Å². The SMILES string of the molecule is Cc1cc(C)c2oc(C(=O)N(Cc3ccc(N(C)C)cc3)Cc3ccco3)c(C)c2c1. The lowest BCUT2D eigenvalue weighted by Gasteiger charge is -2.22. The van der Waals surface area contributed by atoms with Crippen LogP contribution in [0.4, 0.5) is 5.69 Å². The van der Waals surface area contributed by atoms with E-state index in [1.54, 1.807) is 11.2 Å². The number of benzene rings is 2. The summed E-state index contributed by atoms with van der Waals surface area (Å²) in [4.78, 5) is 17.4. The fraction of sp³-hybridized carbons (Fsp3) is 0.269. The molecule has 0 saturated carbocycles. The minimum Gasteiger partial charge on any atom is -0.467 e. The van der Waals surface area contributed by atoms with E-state index in [-0.39, 0.29) is 5.91 Å². The molecule has 0 fully saturated rings. The van der Waals surface area contributed by atoms with E-state index in [9.17, 15) is 4.79 Å². The summed E-state index contributed by atoms with van der Waals surface area (Å²) in [7, 11) is 4.02. The molecule has 5 nitrogen and oxygen atoms in total.